The number of halogens is 1. The highest BCUT2D eigenvalue weighted by Gasteiger charge is 2.06. The fourth-order valence-corrected chi connectivity index (χ4v) is 1.79. The van der Waals surface area contributed by atoms with E-state index in [2.05, 4.69) is 4.98 Å². The predicted octanol–water partition coefficient (Wildman–Crippen LogP) is 1.48. The van der Waals surface area contributed by atoms with Gasteiger partial charge in [-0.15, -0.1) is 12.4 Å². The lowest BCUT2D eigenvalue weighted by Crippen LogP contribution is -2.25. The smallest absolute Gasteiger partial charge is 0.272 e. The SMILES string of the molecule is Cc1nc2ccccc2n(CCCN)c1=O.Cl. The Morgan fingerprint density at radius 2 is 2.06 bits per heavy atom. The summed E-state index contributed by atoms with van der Waals surface area (Å²) in [7, 11) is 0. The standard InChI is InChI=1S/C12H15N3O.ClH/c1-9-12(16)15(8-4-7-13)11-6-3-2-5-10(11)14-9;/h2-3,5-6H,4,7-8,13H2,1H3;1H. The van der Waals surface area contributed by atoms with E-state index in [-0.39, 0.29) is 18.0 Å². The fourth-order valence-electron chi connectivity index (χ4n) is 1.79. The molecule has 4 nitrogen and oxygen atoms in total. The summed E-state index contributed by atoms with van der Waals surface area (Å²) in [6.07, 6.45) is 0.799. The molecule has 0 atom stereocenters. The molecule has 0 saturated heterocycles. The highest BCUT2D eigenvalue weighted by Crippen LogP contribution is 2.09. The summed E-state index contributed by atoms with van der Waals surface area (Å²) in [6.45, 7) is 2.98. The molecular formula is C12H16ClN3O. The summed E-state index contributed by atoms with van der Waals surface area (Å²) in [5, 5.41) is 0. The summed E-state index contributed by atoms with van der Waals surface area (Å²) in [4.78, 5) is 16.2. The molecule has 17 heavy (non-hydrogen) atoms. The Morgan fingerprint density at radius 3 is 2.76 bits per heavy atom. The highest BCUT2D eigenvalue weighted by atomic mass is 35.5. The van der Waals surface area contributed by atoms with Crippen molar-refractivity contribution < 1.29 is 0 Å². The van der Waals surface area contributed by atoms with E-state index in [9.17, 15) is 4.79 Å². The monoisotopic (exact) mass is 253 g/mol. The van der Waals surface area contributed by atoms with Crippen molar-refractivity contribution >= 4 is 23.4 Å². The minimum atomic E-state index is -0.0212. The van der Waals surface area contributed by atoms with Gasteiger partial charge in [0.2, 0.25) is 0 Å². The molecule has 0 aliphatic carbocycles. The number of aromatic nitrogens is 2. The van der Waals surface area contributed by atoms with E-state index in [4.69, 9.17) is 5.73 Å². The third-order valence-corrected chi connectivity index (χ3v) is 2.60. The Hall–Kier alpha value is -1.39. The highest BCUT2D eigenvalue weighted by molar-refractivity contribution is 5.85. The number of rotatable bonds is 3. The maximum Gasteiger partial charge on any atom is 0.272 e. The first-order chi connectivity index (χ1) is 7.74. The third-order valence-electron chi connectivity index (χ3n) is 2.60. The Morgan fingerprint density at radius 1 is 1.35 bits per heavy atom. The number of benzene rings is 1. The van der Waals surface area contributed by atoms with Crippen molar-refractivity contribution in [3.8, 4) is 0 Å². The number of nitrogens with zero attached hydrogens (tertiary/aromatic N) is 2. The van der Waals surface area contributed by atoms with E-state index >= 15 is 0 Å². The molecule has 92 valence electrons. The first-order valence-electron chi connectivity index (χ1n) is 5.40. The van der Waals surface area contributed by atoms with Crippen LogP contribution >= 0.6 is 12.4 Å². The summed E-state index contributed by atoms with van der Waals surface area (Å²) < 4.78 is 1.75. The van der Waals surface area contributed by atoms with Crippen LogP contribution in [0.3, 0.4) is 0 Å². The van der Waals surface area contributed by atoms with Crippen LogP contribution in [-0.4, -0.2) is 16.1 Å². The molecule has 1 aromatic heterocycles. The molecule has 0 radical (unpaired) electrons. The molecule has 0 aliphatic heterocycles. The molecule has 1 heterocycles. The molecule has 0 amide bonds. The minimum absolute atomic E-state index is 0. The zero-order valence-corrected chi connectivity index (χ0v) is 10.5. The number of para-hydroxylation sites is 2. The van der Waals surface area contributed by atoms with Gasteiger partial charge in [-0.05, 0) is 32.0 Å². The second-order valence-corrected chi connectivity index (χ2v) is 3.78. The van der Waals surface area contributed by atoms with Gasteiger partial charge < -0.3 is 10.3 Å². The summed E-state index contributed by atoms with van der Waals surface area (Å²) >= 11 is 0. The molecule has 0 bridgehead atoms. The van der Waals surface area contributed by atoms with Crippen LogP contribution in [0.25, 0.3) is 11.0 Å². The lowest BCUT2D eigenvalue weighted by atomic mass is 10.2. The van der Waals surface area contributed by atoms with E-state index in [1.807, 2.05) is 24.3 Å². The van der Waals surface area contributed by atoms with Gasteiger partial charge in [0.15, 0.2) is 0 Å². The predicted molar refractivity (Wildman–Crippen MR) is 71.7 cm³/mol. The molecule has 0 spiro atoms. The Labute approximate surface area is 106 Å². The first kappa shape index (κ1) is 13.7. The van der Waals surface area contributed by atoms with Crippen molar-refractivity contribution in [1.82, 2.24) is 9.55 Å². The van der Waals surface area contributed by atoms with Gasteiger partial charge in [-0.1, -0.05) is 12.1 Å². The van der Waals surface area contributed by atoms with Crippen LogP contribution in [0.5, 0.6) is 0 Å². The van der Waals surface area contributed by atoms with Crippen LogP contribution < -0.4 is 11.3 Å². The number of nitrogens with two attached hydrogens (primary N) is 1. The van der Waals surface area contributed by atoms with Gasteiger partial charge in [0.25, 0.3) is 5.56 Å². The van der Waals surface area contributed by atoms with Crippen molar-refractivity contribution in [3.05, 3.63) is 40.3 Å². The van der Waals surface area contributed by atoms with E-state index in [1.165, 1.54) is 0 Å². The van der Waals surface area contributed by atoms with Crippen molar-refractivity contribution in [1.29, 1.82) is 0 Å². The van der Waals surface area contributed by atoms with E-state index in [0.29, 0.717) is 18.8 Å². The fraction of sp³-hybridized carbons (Fsp3) is 0.333. The van der Waals surface area contributed by atoms with Gasteiger partial charge in [0.05, 0.1) is 11.0 Å². The van der Waals surface area contributed by atoms with Gasteiger partial charge in [0.1, 0.15) is 5.69 Å². The zero-order chi connectivity index (χ0) is 11.5. The molecule has 2 rings (SSSR count). The zero-order valence-electron chi connectivity index (χ0n) is 9.72. The van der Waals surface area contributed by atoms with Crippen LogP contribution in [0.2, 0.25) is 0 Å². The van der Waals surface area contributed by atoms with E-state index in [0.717, 1.165) is 17.5 Å². The van der Waals surface area contributed by atoms with Crippen molar-refractivity contribution in [2.75, 3.05) is 6.54 Å². The van der Waals surface area contributed by atoms with Crippen molar-refractivity contribution in [2.45, 2.75) is 19.9 Å². The molecule has 2 aromatic rings. The first-order valence-corrected chi connectivity index (χ1v) is 5.40. The number of hydrogen-bond acceptors (Lipinski definition) is 3. The van der Waals surface area contributed by atoms with E-state index in [1.54, 1.807) is 11.5 Å². The number of hydrogen-bond donors (Lipinski definition) is 1. The quantitative estimate of drug-likeness (QED) is 0.901. The van der Waals surface area contributed by atoms with Crippen LogP contribution in [-0.2, 0) is 6.54 Å². The number of fused-ring (bicyclic) bond motifs is 1. The Kier molecular flexibility index (Phi) is 4.66. The number of aryl methyl sites for hydroxylation is 2. The second kappa shape index (κ2) is 5.80. The summed E-state index contributed by atoms with van der Waals surface area (Å²) in [5.41, 5.74) is 7.73. The molecule has 0 fully saturated rings. The molecule has 2 N–H and O–H groups in total. The van der Waals surface area contributed by atoms with Crippen LogP contribution in [0.15, 0.2) is 29.1 Å². The lowest BCUT2D eigenvalue weighted by Gasteiger charge is -2.09. The molecule has 5 heteroatoms. The molecule has 0 aliphatic rings. The van der Waals surface area contributed by atoms with Crippen molar-refractivity contribution in [2.24, 2.45) is 5.73 Å². The van der Waals surface area contributed by atoms with E-state index < -0.39 is 0 Å². The lowest BCUT2D eigenvalue weighted by molar-refractivity contribution is 0.643. The topological polar surface area (TPSA) is 60.9 Å². The Bertz CT molecular complexity index is 565. The van der Waals surface area contributed by atoms with Gasteiger partial charge >= 0.3 is 0 Å². The maximum absolute atomic E-state index is 11.9. The third kappa shape index (κ3) is 2.65. The molecule has 0 saturated carbocycles. The van der Waals surface area contributed by atoms with Crippen LogP contribution in [0, 0.1) is 6.92 Å². The second-order valence-electron chi connectivity index (χ2n) is 3.78. The van der Waals surface area contributed by atoms with Crippen LogP contribution in [0.4, 0.5) is 0 Å². The minimum Gasteiger partial charge on any atom is -0.330 e. The van der Waals surface area contributed by atoms with Crippen LogP contribution in [0.1, 0.15) is 12.1 Å². The van der Waals surface area contributed by atoms with Gasteiger partial charge in [-0.3, -0.25) is 4.79 Å². The van der Waals surface area contributed by atoms with Crippen molar-refractivity contribution in [3.63, 3.8) is 0 Å². The average molecular weight is 254 g/mol. The molecular weight excluding hydrogens is 238 g/mol. The van der Waals surface area contributed by atoms with Gasteiger partial charge in [-0.25, -0.2) is 4.98 Å². The maximum atomic E-state index is 11.9. The average Bonchev–Trinajstić information content (AvgIpc) is 2.30. The summed E-state index contributed by atoms with van der Waals surface area (Å²) in [6, 6.07) is 7.67. The Balaban J connectivity index is 0.00000144. The normalized spacial score (nSPS) is 10.2. The van der Waals surface area contributed by atoms with Gasteiger partial charge in [-0.2, -0.15) is 0 Å². The largest absolute Gasteiger partial charge is 0.330 e. The summed E-state index contributed by atoms with van der Waals surface area (Å²) in [5.74, 6) is 0. The van der Waals surface area contributed by atoms with Gasteiger partial charge in [0, 0.05) is 6.54 Å². The molecule has 1 aromatic carbocycles. The molecule has 0 unspecified atom stereocenters.